The second-order valence-electron chi connectivity index (χ2n) is 5.76. The molecule has 1 saturated heterocycles. The lowest BCUT2D eigenvalue weighted by Gasteiger charge is -2.27. The maximum atomic E-state index is 13.1. The van der Waals surface area contributed by atoms with Crippen molar-refractivity contribution in [3.63, 3.8) is 0 Å². The molecule has 2 aliphatic rings. The van der Waals surface area contributed by atoms with E-state index in [1.165, 1.54) is 6.07 Å². The van der Waals surface area contributed by atoms with E-state index >= 15 is 0 Å². The van der Waals surface area contributed by atoms with Crippen LogP contribution in [0.5, 0.6) is 5.75 Å². The van der Waals surface area contributed by atoms with Crippen LogP contribution >= 0.6 is 0 Å². The first-order chi connectivity index (χ1) is 10.6. The molecule has 2 fully saturated rings. The summed E-state index contributed by atoms with van der Waals surface area (Å²) in [6, 6.07) is 3.08. The Morgan fingerprint density at radius 1 is 1.18 bits per heavy atom. The van der Waals surface area contributed by atoms with Crippen LogP contribution in [0.2, 0.25) is 0 Å². The molecule has 1 saturated carbocycles. The largest absolute Gasteiger partial charge is 0.426 e. The lowest BCUT2D eigenvalue weighted by Crippen LogP contribution is -2.29. The average molecular weight is 312 g/mol. The molecule has 1 aliphatic heterocycles. The van der Waals surface area contributed by atoms with Gasteiger partial charge in [-0.1, -0.05) is 0 Å². The molecule has 0 amide bonds. The van der Waals surface area contributed by atoms with Gasteiger partial charge in [-0.05, 0) is 37.8 Å². The van der Waals surface area contributed by atoms with Crippen LogP contribution in [0, 0.1) is 17.6 Å². The van der Waals surface area contributed by atoms with E-state index in [0.29, 0.717) is 19.4 Å². The lowest BCUT2D eigenvalue weighted by molar-refractivity contribution is -0.141. The molecule has 4 nitrogen and oxygen atoms in total. The Bertz CT molecular complexity index is 537. The zero-order valence-corrected chi connectivity index (χ0v) is 12.1. The molecule has 1 aliphatic carbocycles. The highest BCUT2D eigenvalue weighted by Crippen LogP contribution is 2.28. The van der Waals surface area contributed by atoms with Gasteiger partial charge in [0.25, 0.3) is 0 Å². The summed E-state index contributed by atoms with van der Waals surface area (Å²) >= 11 is 0. The van der Waals surface area contributed by atoms with Crippen LogP contribution < -0.4 is 4.74 Å². The van der Waals surface area contributed by atoms with Crippen molar-refractivity contribution in [2.75, 3.05) is 13.2 Å². The van der Waals surface area contributed by atoms with Gasteiger partial charge in [0.05, 0.1) is 25.2 Å². The molecule has 1 aromatic carbocycles. The summed E-state index contributed by atoms with van der Waals surface area (Å²) in [5.74, 6) is -2.56. The van der Waals surface area contributed by atoms with E-state index in [0.717, 1.165) is 31.6 Å². The molecule has 0 radical (unpaired) electrons. The number of hydrogen-bond acceptors (Lipinski definition) is 4. The first kappa shape index (κ1) is 15.4. The number of halogens is 2. The molecule has 22 heavy (non-hydrogen) atoms. The number of benzene rings is 1. The minimum atomic E-state index is -1.02. The van der Waals surface area contributed by atoms with E-state index in [-0.39, 0.29) is 23.9 Å². The highest BCUT2D eigenvalue weighted by Gasteiger charge is 2.30. The summed E-state index contributed by atoms with van der Waals surface area (Å²) in [7, 11) is 0. The molecular formula is C16H18F2O4. The topological polar surface area (TPSA) is 48.1 Å². The fourth-order valence-corrected chi connectivity index (χ4v) is 2.61. The van der Waals surface area contributed by atoms with Crippen molar-refractivity contribution in [3.05, 3.63) is 29.8 Å². The smallest absolute Gasteiger partial charge is 0.314 e. The van der Waals surface area contributed by atoms with E-state index < -0.39 is 17.6 Å². The Morgan fingerprint density at radius 2 is 1.91 bits per heavy atom. The Hall–Kier alpha value is -1.53. The van der Waals surface area contributed by atoms with Gasteiger partial charge in [-0.2, -0.15) is 0 Å². The molecule has 120 valence electrons. The van der Waals surface area contributed by atoms with Gasteiger partial charge in [-0.3, -0.25) is 4.79 Å². The second kappa shape index (κ2) is 6.71. The minimum absolute atomic E-state index is 0.0353. The number of hydrogen-bond donors (Lipinski definition) is 0. The summed E-state index contributed by atoms with van der Waals surface area (Å²) in [6.07, 6.45) is 3.36. The van der Waals surface area contributed by atoms with Crippen molar-refractivity contribution in [1.82, 2.24) is 0 Å². The predicted molar refractivity (Wildman–Crippen MR) is 73.4 cm³/mol. The van der Waals surface area contributed by atoms with Crippen LogP contribution in [0.4, 0.5) is 8.78 Å². The van der Waals surface area contributed by atoms with Gasteiger partial charge in [0.2, 0.25) is 0 Å². The van der Waals surface area contributed by atoms with Crippen molar-refractivity contribution in [2.45, 2.75) is 37.9 Å². The van der Waals surface area contributed by atoms with Crippen LogP contribution in [0.1, 0.15) is 25.7 Å². The molecule has 0 bridgehead atoms. The number of carbonyl (C=O) groups is 1. The lowest BCUT2D eigenvalue weighted by atomic mass is 9.87. The number of esters is 1. The third kappa shape index (κ3) is 4.01. The van der Waals surface area contributed by atoms with Crippen LogP contribution in [-0.2, 0) is 14.3 Å². The monoisotopic (exact) mass is 312 g/mol. The zero-order chi connectivity index (χ0) is 15.5. The minimum Gasteiger partial charge on any atom is -0.426 e. The first-order valence-electron chi connectivity index (χ1n) is 7.52. The van der Waals surface area contributed by atoms with Gasteiger partial charge in [0, 0.05) is 6.07 Å². The first-order valence-corrected chi connectivity index (χ1v) is 7.52. The molecule has 1 aromatic rings. The Labute approximate surface area is 127 Å². The second-order valence-corrected chi connectivity index (χ2v) is 5.76. The maximum Gasteiger partial charge on any atom is 0.314 e. The van der Waals surface area contributed by atoms with Gasteiger partial charge in [-0.25, -0.2) is 8.78 Å². The van der Waals surface area contributed by atoms with Crippen LogP contribution in [0.15, 0.2) is 18.2 Å². The van der Waals surface area contributed by atoms with Gasteiger partial charge in [-0.15, -0.1) is 0 Å². The number of epoxide rings is 1. The molecule has 6 heteroatoms. The van der Waals surface area contributed by atoms with Gasteiger partial charge in [0.1, 0.15) is 11.9 Å². The van der Waals surface area contributed by atoms with E-state index in [9.17, 15) is 13.6 Å². The SMILES string of the molecule is O=C(Oc1ccc(F)c(F)c1)C1CCC(OCC2CO2)CC1. The molecule has 3 rings (SSSR count). The van der Waals surface area contributed by atoms with E-state index in [1.807, 2.05) is 0 Å². The zero-order valence-electron chi connectivity index (χ0n) is 12.1. The van der Waals surface area contributed by atoms with Crippen molar-refractivity contribution in [3.8, 4) is 5.75 Å². The Balaban J connectivity index is 1.45. The summed E-state index contributed by atoms with van der Waals surface area (Å²) in [4.78, 5) is 12.0. The summed E-state index contributed by atoms with van der Waals surface area (Å²) in [6.45, 7) is 1.39. The van der Waals surface area contributed by atoms with Crippen LogP contribution in [0.25, 0.3) is 0 Å². The third-order valence-electron chi connectivity index (χ3n) is 4.04. The molecule has 1 atom stereocenters. The van der Waals surface area contributed by atoms with Crippen LogP contribution in [0.3, 0.4) is 0 Å². The van der Waals surface area contributed by atoms with E-state index in [2.05, 4.69) is 0 Å². The Kier molecular flexibility index (Phi) is 4.69. The summed E-state index contributed by atoms with van der Waals surface area (Å²) in [5, 5.41) is 0. The van der Waals surface area contributed by atoms with E-state index in [1.54, 1.807) is 0 Å². The summed E-state index contributed by atoms with van der Waals surface area (Å²) in [5.41, 5.74) is 0. The number of ether oxygens (including phenoxy) is 3. The summed E-state index contributed by atoms with van der Waals surface area (Å²) < 4.78 is 41.8. The molecular weight excluding hydrogens is 294 g/mol. The number of rotatable bonds is 5. The maximum absolute atomic E-state index is 13.1. The van der Waals surface area contributed by atoms with Gasteiger partial charge < -0.3 is 14.2 Å². The standard InChI is InChI=1S/C16H18F2O4/c17-14-6-5-12(7-15(14)18)22-16(19)10-1-3-11(4-2-10)20-8-13-9-21-13/h5-7,10-11,13H,1-4,8-9H2. The van der Waals surface area contributed by atoms with Crippen LogP contribution in [-0.4, -0.2) is 31.4 Å². The van der Waals surface area contributed by atoms with Crippen molar-refractivity contribution in [2.24, 2.45) is 5.92 Å². The third-order valence-corrected chi connectivity index (χ3v) is 4.04. The van der Waals surface area contributed by atoms with Gasteiger partial charge in [0.15, 0.2) is 11.6 Å². The molecule has 1 unspecified atom stereocenters. The van der Waals surface area contributed by atoms with Gasteiger partial charge >= 0.3 is 5.97 Å². The highest BCUT2D eigenvalue weighted by molar-refractivity contribution is 5.75. The van der Waals surface area contributed by atoms with Crippen molar-refractivity contribution in [1.29, 1.82) is 0 Å². The van der Waals surface area contributed by atoms with Crippen molar-refractivity contribution >= 4 is 5.97 Å². The number of carbonyl (C=O) groups excluding carboxylic acids is 1. The normalized spacial score (nSPS) is 27.5. The molecule has 0 aromatic heterocycles. The Morgan fingerprint density at radius 3 is 2.55 bits per heavy atom. The highest BCUT2D eigenvalue weighted by atomic mass is 19.2. The molecule has 0 spiro atoms. The fraction of sp³-hybridized carbons (Fsp3) is 0.562. The average Bonchev–Trinajstić information content (AvgIpc) is 3.34. The quantitative estimate of drug-likeness (QED) is 0.476. The van der Waals surface area contributed by atoms with Crippen molar-refractivity contribution < 1.29 is 27.8 Å². The molecule has 1 heterocycles. The predicted octanol–water partition coefficient (Wildman–Crippen LogP) is 2.84. The molecule has 0 N–H and O–H groups in total. The fourth-order valence-electron chi connectivity index (χ4n) is 2.61. The van der Waals surface area contributed by atoms with E-state index in [4.69, 9.17) is 14.2 Å².